The van der Waals surface area contributed by atoms with Crippen molar-refractivity contribution in [1.82, 2.24) is 25.4 Å². The van der Waals surface area contributed by atoms with E-state index in [1.54, 1.807) is 11.3 Å². The molecule has 1 saturated carbocycles. The van der Waals surface area contributed by atoms with Crippen molar-refractivity contribution in [2.45, 2.75) is 58.4 Å². The van der Waals surface area contributed by atoms with Crippen molar-refractivity contribution in [2.75, 3.05) is 19.7 Å². The highest BCUT2D eigenvalue weighted by atomic mass is 127. The lowest BCUT2D eigenvalue weighted by Crippen LogP contribution is -2.45. The predicted octanol–water partition coefficient (Wildman–Crippen LogP) is 3.41. The van der Waals surface area contributed by atoms with Crippen LogP contribution in [0.1, 0.15) is 55.1 Å². The summed E-state index contributed by atoms with van der Waals surface area (Å²) in [6, 6.07) is 4.25. The van der Waals surface area contributed by atoms with Gasteiger partial charge in [-0.3, -0.25) is 0 Å². The molecule has 30 heavy (non-hydrogen) atoms. The molecule has 7 nitrogen and oxygen atoms in total. The molecule has 2 aromatic heterocycles. The van der Waals surface area contributed by atoms with Crippen molar-refractivity contribution in [3.05, 3.63) is 34.0 Å². The first kappa shape index (κ1) is 25.1. The first-order valence-corrected chi connectivity index (χ1v) is 11.5. The number of guanidine groups is 1. The molecule has 0 unspecified atom stereocenters. The van der Waals surface area contributed by atoms with E-state index in [0.717, 1.165) is 43.5 Å². The van der Waals surface area contributed by atoms with Crippen LogP contribution in [0, 0.1) is 12.3 Å². The lowest BCUT2D eigenvalue weighted by molar-refractivity contribution is 0.131. The monoisotopic (exact) mass is 546 g/mol. The van der Waals surface area contributed by atoms with Gasteiger partial charge in [-0.25, -0.2) is 4.99 Å². The van der Waals surface area contributed by atoms with Crippen molar-refractivity contribution in [1.29, 1.82) is 0 Å². The molecule has 0 atom stereocenters. The van der Waals surface area contributed by atoms with Gasteiger partial charge in [-0.1, -0.05) is 25.3 Å². The van der Waals surface area contributed by atoms with E-state index in [-0.39, 0.29) is 36.0 Å². The highest BCUT2D eigenvalue weighted by molar-refractivity contribution is 14.0. The normalized spacial score (nSPS) is 16.2. The summed E-state index contributed by atoms with van der Waals surface area (Å²) in [5.41, 5.74) is 0.171. The number of rotatable bonds is 9. The number of hydrogen-bond acceptors (Lipinski definition) is 5. The third-order valence-corrected chi connectivity index (χ3v) is 6.93. The lowest BCUT2D eigenvalue weighted by Gasteiger charge is -2.37. The Kier molecular flexibility index (Phi) is 10.5. The highest BCUT2D eigenvalue weighted by Gasteiger charge is 2.31. The first-order chi connectivity index (χ1) is 14.1. The van der Waals surface area contributed by atoms with Crippen LogP contribution < -0.4 is 10.6 Å². The summed E-state index contributed by atoms with van der Waals surface area (Å²) in [7, 11) is 1.97. The summed E-state index contributed by atoms with van der Waals surface area (Å²) in [6.45, 7) is 4.35. The summed E-state index contributed by atoms with van der Waals surface area (Å²) in [6.07, 6.45) is 7.97. The maximum atomic E-state index is 9.59. The average Bonchev–Trinajstić information content (AvgIpc) is 3.35. The molecule has 0 radical (unpaired) electrons. The van der Waals surface area contributed by atoms with Gasteiger partial charge in [0.2, 0.25) is 0 Å². The van der Waals surface area contributed by atoms with Crippen LogP contribution in [0.5, 0.6) is 0 Å². The van der Waals surface area contributed by atoms with E-state index >= 15 is 0 Å². The van der Waals surface area contributed by atoms with E-state index < -0.39 is 0 Å². The Morgan fingerprint density at radius 2 is 2.07 bits per heavy atom. The van der Waals surface area contributed by atoms with E-state index in [2.05, 4.69) is 38.3 Å². The number of aliphatic hydroxyl groups excluding tert-OH is 1. The molecule has 9 heteroatoms. The number of aliphatic imine (C=N–C) groups is 1. The summed E-state index contributed by atoms with van der Waals surface area (Å²) < 4.78 is 1.97. The predicted molar refractivity (Wildman–Crippen MR) is 134 cm³/mol. The van der Waals surface area contributed by atoms with E-state index in [0.29, 0.717) is 6.54 Å². The second kappa shape index (κ2) is 12.6. The summed E-state index contributed by atoms with van der Waals surface area (Å²) >= 11 is 1.78. The second-order valence-electron chi connectivity index (χ2n) is 8.03. The number of halogens is 1. The minimum absolute atomic E-state index is 0. The molecule has 1 aliphatic carbocycles. The van der Waals surface area contributed by atoms with Gasteiger partial charge in [0, 0.05) is 31.6 Å². The van der Waals surface area contributed by atoms with Crippen molar-refractivity contribution >= 4 is 41.3 Å². The van der Waals surface area contributed by atoms with Gasteiger partial charge in [-0.05, 0) is 49.5 Å². The maximum absolute atomic E-state index is 9.59. The lowest BCUT2D eigenvalue weighted by atomic mass is 9.72. The van der Waals surface area contributed by atoms with Crippen LogP contribution in [0.2, 0.25) is 0 Å². The third-order valence-electron chi connectivity index (χ3n) is 5.99. The van der Waals surface area contributed by atoms with Crippen LogP contribution in [0.4, 0.5) is 0 Å². The SMILES string of the molecule is Cc1nnc(CN=C(NCCc2cccs2)NCC2(CCO)CCCCC2)n1C.I. The number of nitrogens with zero attached hydrogens (tertiary/aromatic N) is 4. The van der Waals surface area contributed by atoms with Gasteiger partial charge in [0.05, 0.1) is 0 Å². The largest absolute Gasteiger partial charge is 0.396 e. The standard InChI is InChI=1S/C21H34N6OS.HI/c1-17-25-26-19(27(17)2)15-23-20(22-12-8-18-7-6-14-29-18)24-16-21(11-13-28)9-4-3-5-10-21;/h6-7,14,28H,3-5,8-13,15-16H2,1-2H3,(H2,22,23,24);1H. The second-order valence-corrected chi connectivity index (χ2v) is 9.06. The smallest absolute Gasteiger partial charge is 0.191 e. The van der Waals surface area contributed by atoms with Gasteiger partial charge in [-0.15, -0.1) is 45.5 Å². The van der Waals surface area contributed by atoms with Crippen LogP contribution in [0.25, 0.3) is 0 Å². The summed E-state index contributed by atoms with van der Waals surface area (Å²) in [5, 5.41) is 27.1. The van der Waals surface area contributed by atoms with Crippen LogP contribution in [0.3, 0.4) is 0 Å². The minimum Gasteiger partial charge on any atom is -0.396 e. The molecule has 1 fully saturated rings. The molecule has 3 N–H and O–H groups in total. The van der Waals surface area contributed by atoms with Crippen LogP contribution in [-0.4, -0.2) is 45.5 Å². The van der Waals surface area contributed by atoms with Gasteiger partial charge in [0.25, 0.3) is 0 Å². The molecule has 0 saturated heterocycles. The molecular formula is C21H35IN6OS. The Morgan fingerprint density at radius 1 is 1.27 bits per heavy atom. The highest BCUT2D eigenvalue weighted by Crippen LogP contribution is 2.38. The third kappa shape index (κ3) is 7.19. The van der Waals surface area contributed by atoms with Crippen molar-refractivity contribution in [3.8, 4) is 0 Å². The summed E-state index contributed by atoms with van der Waals surface area (Å²) in [5.74, 6) is 2.55. The zero-order chi connectivity index (χ0) is 20.5. The van der Waals surface area contributed by atoms with Crippen molar-refractivity contribution < 1.29 is 5.11 Å². The number of hydrogen-bond donors (Lipinski definition) is 3. The van der Waals surface area contributed by atoms with E-state index in [1.165, 1.54) is 37.0 Å². The molecule has 2 heterocycles. The average molecular weight is 547 g/mol. The zero-order valence-electron chi connectivity index (χ0n) is 18.1. The molecule has 168 valence electrons. The van der Waals surface area contributed by atoms with Gasteiger partial charge >= 0.3 is 0 Å². The molecule has 1 aliphatic rings. The van der Waals surface area contributed by atoms with E-state index in [1.807, 2.05) is 18.5 Å². The number of aryl methyl sites for hydroxylation is 1. The first-order valence-electron chi connectivity index (χ1n) is 10.6. The Balaban J connectivity index is 0.00000320. The zero-order valence-corrected chi connectivity index (χ0v) is 21.2. The number of aromatic nitrogens is 3. The maximum Gasteiger partial charge on any atom is 0.191 e. The van der Waals surface area contributed by atoms with Gasteiger partial charge in [0.1, 0.15) is 12.4 Å². The van der Waals surface area contributed by atoms with Gasteiger partial charge < -0.3 is 20.3 Å². The van der Waals surface area contributed by atoms with Gasteiger partial charge in [-0.2, -0.15) is 0 Å². The van der Waals surface area contributed by atoms with Gasteiger partial charge in [0.15, 0.2) is 11.8 Å². The molecule has 0 amide bonds. The molecule has 0 aliphatic heterocycles. The Labute approximate surface area is 200 Å². The molecular weight excluding hydrogens is 511 g/mol. The molecule has 0 bridgehead atoms. The Morgan fingerprint density at radius 3 is 2.70 bits per heavy atom. The fourth-order valence-corrected chi connectivity index (χ4v) is 4.71. The minimum atomic E-state index is 0. The van der Waals surface area contributed by atoms with E-state index in [4.69, 9.17) is 4.99 Å². The Hall–Kier alpha value is -1.20. The van der Waals surface area contributed by atoms with Crippen LogP contribution in [0.15, 0.2) is 22.5 Å². The van der Waals surface area contributed by atoms with Crippen molar-refractivity contribution in [3.63, 3.8) is 0 Å². The van der Waals surface area contributed by atoms with E-state index in [9.17, 15) is 5.11 Å². The number of thiophene rings is 1. The quantitative estimate of drug-likeness (QED) is 0.255. The van der Waals surface area contributed by atoms with Crippen LogP contribution in [-0.2, 0) is 20.0 Å². The topological polar surface area (TPSA) is 87.4 Å². The fraction of sp³-hybridized carbons (Fsp3) is 0.667. The summed E-state index contributed by atoms with van der Waals surface area (Å²) in [4.78, 5) is 6.14. The Bertz CT molecular complexity index is 765. The molecule has 0 spiro atoms. The number of aliphatic hydroxyl groups is 1. The number of nitrogens with one attached hydrogen (secondary N) is 2. The van der Waals surface area contributed by atoms with Crippen LogP contribution >= 0.6 is 35.3 Å². The molecule has 2 aromatic rings. The fourth-order valence-electron chi connectivity index (χ4n) is 4.00. The molecule has 0 aromatic carbocycles. The molecule has 3 rings (SSSR count). The van der Waals surface area contributed by atoms with Crippen molar-refractivity contribution in [2.24, 2.45) is 17.5 Å².